The fourth-order valence-corrected chi connectivity index (χ4v) is 1.96. The molecule has 1 atom stereocenters. The van der Waals surface area contributed by atoms with Crippen LogP contribution in [0.25, 0.3) is 0 Å². The van der Waals surface area contributed by atoms with Crippen LogP contribution in [0.1, 0.15) is 10.5 Å². The number of hydrogen-bond donors (Lipinski definition) is 2. The van der Waals surface area contributed by atoms with Gasteiger partial charge in [-0.15, -0.1) is 0 Å². The van der Waals surface area contributed by atoms with Crippen LogP contribution in [0.5, 0.6) is 0 Å². The lowest BCUT2D eigenvalue weighted by Crippen LogP contribution is -2.58. The van der Waals surface area contributed by atoms with Crippen LogP contribution >= 0.6 is 11.6 Å². The lowest BCUT2D eigenvalue weighted by atomic mass is 10.1. The number of amides is 2. The molecule has 18 heavy (non-hydrogen) atoms. The minimum atomic E-state index is -0.635. The summed E-state index contributed by atoms with van der Waals surface area (Å²) in [4.78, 5) is 28.9. The van der Waals surface area contributed by atoms with Gasteiger partial charge in [0.1, 0.15) is 11.7 Å². The fraction of sp³-hybridized carbons (Fsp3) is 0.364. The van der Waals surface area contributed by atoms with E-state index in [1.165, 1.54) is 17.2 Å². The highest BCUT2D eigenvalue weighted by Crippen LogP contribution is 2.11. The van der Waals surface area contributed by atoms with E-state index in [9.17, 15) is 9.59 Å². The van der Waals surface area contributed by atoms with Gasteiger partial charge in [-0.2, -0.15) is 0 Å². The van der Waals surface area contributed by atoms with Crippen molar-refractivity contribution in [3.63, 3.8) is 0 Å². The molecular weight excluding hydrogens is 256 g/mol. The molecule has 0 aromatic carbocycles. The summed E-state index contributed by atoms with van der Waals surface area (Å²) in [5, 5.41) is 3.48. The van der Waals surface area contributed by atoms with Crippen molar-refractivity contribution < 1.29 is 9.59 Å². The van der Waals surface area contributed by atoms with Crippen LogP contribution in [-0.4, -0.2) is 47.4 Å². The van der Waals surface area contributed by atoms with Crippen molar-refractivity contribution in [2.75, 3.05) is 19.6 Å². The Morgan fingerprint density at radius 1 is 1.50 bits per heavy atom. The van der Waals surface area contributed by atoms with E-state index in [2.05, 4.69) is 10.3 Å². The molecule has 0 saturated carbocycles. The first kappa shape index (κ1) is 12.8. The summed E-state index contributed by atoms with van der Waals surface area (Å²) in [6.45, 7) is 1.43. The van der Waals surface area contributed by atoms with Gasteiger partial charge >= 0.3 is 0 Å². The second kappa shape index (κ2) is 5.32. The fourth-order valence-electron chi connectivity index (χ4n) is 1.85. The van der Waals surface area contributed by atoms with Gasteiger partial charge in [-0.05, 0) is 12.1 Å². The minimum Gasteiger partial charge on any atom is -0.368 e. The number of pyridine rings is 1. The summed E-state index contributed by atoms with van der Waals surface area (Å²) >= 11 is 5.71. The van der Waals surface area contributed by atoms with Crippen molar-refractivity contribution in [3.05, 3.63) is 29.0 Å². The molecule has 2 heterocycles. The van der Waals surface area contributed by atoms with Crippen LogP contribution < -0.4 is 11.1 Å². The monoisotopic (exact) mass is 268 g/mol. The van der Waals surface area contributed by atoms with E-state index in [4.69, 9.17) is 17.3 Å². The minimum absolute atomic E-state index is 0.257. The molecule has 0 bridgehead atoms. The average molecular weight is 269 g/mol. The van der Waals surface area contributed by atoms with E-state index >= 15 is 0 Å². The van der Waals surface area contributed by atoms with E-state index in [-0.39, 0.29) is 11.6 Å². The van der Waals surface area contributed by atoms with E-state index in [0.29, 0.717) is 24.7 Å². The maximum Gasteiger partial charge on any atom is 0.273 e. The lowest BCUT2D eigenvalue weighted by Gasteiger charge is -2.33. The SMILES string of the molecule is NC(=O)C1CNCCN1C(=O)c1ccc(Cl)cn1. The molecular formula is C11H13ClN4O2. The second-order valence-corrected chi connectivity index (χ2v) is 4.42. The van der Waals surface area contributed by atoms with E-state index in [0.717, 1.165) is 0 Å². The summed E-state index contributed by atoms with van der Waals surface area (Å²) in [6.07, 6.45) is 1.40. The Morgan fingerprint density at radius 2 is 2.28 bits per heavy atom. The zero-order valence-electron chi connectivity index (χ0n) is 9.60. The average Bonchev–Trinajstić information content (AvgIpc) is 2.39. The summed E-state index contributed by atoms with van der Waals surface area (Å²) < 4.78 is 0. The van der Waals surface area contributed by atoms with Gasteiger partial charge in [-0.1, -0.05) is 11.6 Å². The lowest BCUT2D eigenvalue weighted by molar-refractivity contribution is -0.122. The van der Waals surface area contributed by atoms with Crippen LogP contribution in [-0.2, 0) is 4.79 Å². The highest BCUT2D eigenvalue weighted by molar-refractivity contribution is 6.30. The first-order chi connectivity index (χ1) is 8.59. The third-order valence-corrected chi connectivity index (χ3v) is 3.00. The number of piperazine rings is 1. The van der Waals surface area contributed by atoms with Gasteiger partial charge in [0.25, 0.3) is 5.91 Å². The quantitative estimate of drug-likeness (QED) is 0.766. The third kappa shape index (κ3) is 2.60. The van der Waals surface area contributed by atoms with Gasteiger partial charge in [0, 0.05) is 25.8 Å². The molecule has 3 N–H and O–H groups in total. The molecule has 6 nitrogen and oxygen atoms in total. The van der Waals surface area contributed by atoms with Crippen molar-refractivity contribution in [2.45, 2.75) is 6.04 Å². The van der Waals surface area contributed by atoms with E-state index < -0.39 is 11.9 Å². The normalized spacial score (nSPS) is 19.6. The first-order valence-electron chi connectivity index (χ1n) is 5.52. The molecule has 1 aliphatic heterocycles. The van der Waals surface area contributed by atoms with E-state index in [1.54, 1.807) is 6.07 Å². The molecule has 7 heteroatoms. The number of primary amides is 1. The molecule has 2 amide bonds. The third-order valence-electron chi connectivity index (χ3n) is 2.78. The van der Waals surface area contributed by atoms with Crippen molar-refractivity contribution in [2.24, 2.45) is 5.73 Å². The standard InChI is InChI=1S/C11H13ClN4O2/c12-7-1-2-8(15-5-7)11(18)16-4-3-14-6-9(16)10(13)17/h1-2,5,9,14H,3-4,6H2,(H2,13,17). The summed E-state index contributed by atoms with van der Waals surface area (Å²) in [6, 6.07) is 2.48. The maximum atomic E-state index is 12.2. The Labute approximate surface area is 109 Å². The number of hydrogen-bond acceptors (Lipinski definition) is 4. The summed E-state index contributed by atoms with van der Waals surface area (Å²) in [7, 11) is 0. The zero-order chi connectivity index (χ0) is 13.1. The van der Waals surface area contributed by atoms with Crippen LogP contribution in [0.15, 0.2) is 18.3 Å². The van der Waals surface area contributed by atoms with Gasteiger partial charge in [-0.3, -0.25) is 9.59 Å². The Bertz CT molecular complexity index is 463. The number of rotatable bonds is 2. The summed E-state index contributed by atoms with van der Waals surface area (Å²) in [5.41, 5.74) is 5.54. The topological polar surface area (TPSA) is 88.3 Å². The summed E-state index contributed by atoms with van der Waals surface area (Å²) in [5.74, 6) is -0.832. The highest BCUT2D eigenvalue weighted by atomic mass is 35.5. The number of carbonyl (C=O) groups is 2. The van der Waals surface area contributed by atoms with Gasteiger partial charge in [-0.25, -0.2) is 4.98 Å². The molecule has 96 valence electrons. The second-order valence-electron chi connectivity index (χ2n) is 3.98. The van der Waals surface area contributed by atoms with E-state index in [1.807, 2.05) is 0 Å². The predicted molar refractivity (Wildman–Crippen MR) is 66.1 cm³/mol. The smallest absolute Gasteiger partial charge is 0.273 e. The molecule has 0 radical (unpaired) electrons. The van der Waals surface area contributed by atoms with Crippen LogP contribution in [0.4, 0.5) is 0 Å². The number of aromatic nitrogens is 1. The van der Waals surface area contributed by atoms with Crippen LogP contribution in [0.2, 0.25) is 5.02 Å². The number of carbonyl (C=O) groups excluding carboxylic acids is 2. The molecule has 1 saturated heterocycles. The first-order valence-corrected chi connectivity index (χ1v) is 5.90. The number of nitrogens with zero attached hydrogens (tertiary/aromatic N) is 2. The van der Waals surface area contributed by atoms with Crippen molar-refractivity contribution >= 4 is 23.4 Å². The molecule has 2 rings (SSSR count). The Morgan fingerprint density at radius 3 is 2.89 bits per heavy atom. The number of nitrogens with one attached hydrogen (secondary N) is 1. The van der Waals surface area contributed by atoms with Crippen LogP contribution in [0.3, 0.4) is 0 Å². The molecule has 0 spiro atoms. The van der Waals surface area contributed by atoms with Crippen molar-refractivity contribution in [1.29, 1.82) is 0 Å². The van der Waals surface area contributed by atoms with Crippen molar-refractivity contribution in [3.8, 4) is 0 Å². The Hall–Kier alpha value is -1.66. The van der Waals surface area contributed by atoms with Gasteiger partial charge in [0.15, 0.2) is 0 Å². The van der Waals surface area contributed by atoms with Gasteiger partial charge in [0.05, 0.1) is 5.02 Å². The van der Waals surface area contributed by atoms with Gasteiger partial charge < -0.3 is 16.0 Å². The Kier molecular flexibility index (Phi) is 3.78. The molecule has 1 aromatic heterocycles. The molecule has 1 fully saturated rings. The zero-order valence-corrected chi connectivity index (χ0v) is 10.4. The largest absolute Gasteiger partial charge is 0.368 e. The number of nitrogens with two attached hydrogens (primary N) is 1. The molecule has 1 aliphatic rings. The molecule has 0 aliphatic carbocycles. The number of halogens is 1. The molecule has 1 unspecified atom stereocenters. The maximum absolute atomic E-state index is 12.2. The molecule has 1 aromatic rings. The highest BCUT2D eigenvalue weighted by Gasteiger charge is 2.31. The Balaban J connectivity index is 2.20. The van der Waals surface area contributed by atoms with Crippen molar-refractivity contribution in [1.82, 2.24) is 15.2 Å². The van der Waals surface area contributed by atoms with Gasteiger partial charge in [0.2, 0.25) is 5.91 Å². The van der Waals surface area contributed by atoms with Crippen LogP contribution in [0, 0.1) is 0 Å². The predicted octanol–water partition coefficient (Wildman–Crippen LogP) is -0.366.